The number of nitrogens with two attached hydrogens (primary N) is 1. The average Bonchev–Trinajstić information content (AvgIpc) is 2.35. The van der Waals surface area contributed by atoms with Gasteiger partial charge in [-0.1, -0.05) is 32.1 Å². The lowest BCUT2D eigenvalue weighted by atomic mass is 9.86. The smallest absolute Gasteiger partial charge is 0.266 e. The second-order valence-electron chi connectivity index (χ2n) is 4.35. The zero-order valence-corrected chi connectivity index (χ0v) is 9.52. The Balaban J connectivity index is 2.25. The molecule has 5 nitrogen and oxygen atoms in total. The van der Waals surface area contributed by atoms with E-state index in [1.54, 1.807) is 0 Å². The van der Waals surface area contributed by atoms with Crippen LogP contribution in [0.3, 0.4) is 0 Å². The van der Waals surface area contributed by atoms with E-state index in [9.17, 15) is 9.59 Å². The zero-order chi connectivity index (χ0) is 12.0. The van der Waals surface area contributed by atoms with Crippen LogP contribution < -0.4 is 5.73 Å². The molecule has 0 aliphatic heterocycles. The van der Waals surface area contributed by atoms with Gasteiger partial charge in [0.05, 0.1) is 6.54 Å². The lowest BCUT2D eigenvalue weighted by molar-refractivity contribution is -0.178. The standard InChI is InChI=1S/C11H20N2O3/c12-8-11(15)13(16)10(14)7-6-9-4-2-1-3-5-9/h9,16H,1-8,12H2. The summed E-state index contributed by atoms with van der Waals surface area (Å²) in [6, 6.07) is 0. The van der Waals surface area contributed by atoms with Crippen molar-refractivity contribution in [2.75, 3.05) is 6.54 Å². The highest BCUT2D eigenvalue weighted by molar-refractivity contribution is 5.94. The van der Waals surface area contributed by atoms with Crippen LogP contribution in [0.2, 0.25) is 0 Å². The molecule has 0 saturated heterocycles. The number of hydrogen-bond donors (Lipinski definition) is 2. The van der Waals surface area contributed by atoms with Gasteiger partial charge in [-0.3, -0.25) is 14.8 Å². The van der Waals surface area contributed by atoms with Gasteiger partial charge in [0.15, 0.2) is 0 Å². The molecule has 2 amide bonds. The molecule has 0 bridgehead atoms. The summed E-state index contributed by atoms with van der Waals surface area (Å²) in [5, 5.41) is 9.33. The van der Waals surface area contributed by atoms with Gasteiger partial charge in [-0.2, -0.15) is 5.06 Å². The summed E-state index contributed by atoms with van der Waals surface area (Å²) >= 11 is 0. The molecule has 0 heterocycles. The molecule has 1 aliphatic rings. The van der Waals surface area contributed by atoms with Crippen LogP contribution in [0.1, 0.15) is 44.9 Å². The number of carbonyl (C=O) groups is 2. The SMILES string of the molecule is NCC(=O)N(O)C(=O)CCC1CCCCC1. The number of hydroxylamine groups is 2. The molecule has 1 aliphatic carbocycles. The van der Waals surface area contributed by atoms with Crippen molar-refractivity contribution in [3.8, 4) is 0 Å². The van der Waals surface area contributed by atoms with E-state index in [2.05, 4.69) is 0 Å². The summed E-state index contributed by atoms with van der Waals surface area (Å²) in [4.78, 5) is 22.3. The van der Waals surface area contributed by atoms with Gasteiger partial charge < -0.3 is 5.73 Å². The fourth-order valence-electron chi connectivity index (χ4n) is 2.13. The summed E-state index contributed by atoms with van der Waals surface area (Å²) in [5.41, 5.74) is 5.05. The van der Waals surface area contributed by atoms with Crippen LogP contribution in [0.4, 0.5) is 0 Å². The normalized spacial score (nSPS) is 17.1. The first-order valence-corrected chi connectivity index (χ1v) is 5.90. The molecule has 0 aromatic rings. The van der Waals surface area contributed by atoms with Crippen molar-refractivity contribution >= 4 is 11.8 Å². The van der Waals surface area contributed by atoms with Crippen LogP contribution in [0.15, 0.2) is 0 Å². The molecule has 0 unspecified atom stereocenters. The van der Waals surface area contributed by atoms with Crippen LogP contribution in [-0.4, -0.2) is 28.6 Å². The second-order valence-corrected chi connectivity index (χ2v) is 4.35. The molecule has 0 aromatic carbocycles. The van der Waals surface area contributed by atoms with Crippen LogP contribution in [0, 0.1) is 5.92 Å². The van der Waals surface area contributed by atoms with E-state index in [0.29, 0.717) is 5.92 Å². The first kappa shape index (κ1) is 13.1. The van der Waals surface area contributed by atoms with Gasteiger partial charge in [0.2, 0.25) is 0 Å². The van der Waals surface area contributed by atoms with Gasteiger partial charge >= 0.3 is 0 Å². The molecule has 3 N–H and O–H groups in total. The summed E-state index contributed by atoms with van der Waals surface area (Å²) in [5.74, 6) is -0.714. The number of rotatable bonds is 4. The molecule has 92 valence electrons. The Bertz CT molecular complexity index is 250. The van der Waals surface area contributed by atoms with Crippen molar-refractivity contribution in [2.45, 2.75) is 44.9 Å². The van der Waals surface area contributed by atoms with E-state index < -0.39 is 11.8 Å². The van der Waals surface area contributed by atoms with Crippen molar-refractivity contribution in [1.29, 1.82) is 0 Å². The van der Waals surface area contributed by atoms with E-state index in [4.69, 9.17) is 10.9 Å². The lowest BCUT2D eigenvalue weighted by Crippen LogP contribution is -2.38. The highest BCUT2D eigenvalue weighted by Crippen LogP contribution is 2.27. The Morgan fingerprint density at radius 1 is 1.19 bits per heavy atom. The quantitative estimate of drug-likeness (QED) is 0.556. The predicted octanol–water partition coefficient (Wildman–Crippen LogP) is 1.05. The van der Waals surface area contributed by atoms with Crippen LogP contribution in [0.25, 0.3) is 0 Å². The zero-order valence-electron chi connectivity index (χ0n) is 9.52. The van der Waals surface area contributed by atoms with Crippen molar-refractivity contribution in [3.05, 3.63) is 0 Å². The van der Waals surface area contributed by atoms with Gasteiger partial charge in [-0.25, -0.2) is 0 Å². The summed E-state index contributed by atoms with van der Waals surface area (Å²) < 4.78 is 0. The Morgan fingerprint density at radius 3 is 2.38 bits per heavy atom. The van der Waals surface area contributed by atoms with E-state index in [1.165, 1.54) is 19.3 Å². The Kier molecular flexibility index (Phi) is 5.42. The largest absolute Gasteiger partial charge is 0.322 e. The number of hydrogen-bond acceptors (Lipinski definition) is 4. The fraction of sp³-hybridized carbons (Fsp3) is 0.818. The average molecular weight is 228 g/mol. The summed E-state index contributed by atoms with van der Waals surface area (Å²) in [7, 11) is 0. The summed E-state index contributed by atoms with van der Waals surface area (Å²) in [6.07, 6.45) is 7.03. The molecule has 0 atom stereocenters. The topological polar surface area (TPSA) is 83.6 Å². The van der Waals surface area contributed by atoms with Gasteiger partial charge in [0.25, 0.3) is 11.8 Å². The third-order valence-corrected chi connectivity index (χ3v) is 3.14. The first-order chi connectivity index (χ1) is 7.65. The highest BCUT2D eigenvalue weighted by Gasteiger charge is 2.20. The van der Waals surface area contributed by atoms with Gasteiger partial charge in [-0.15, -0.1) is 0 Å². The minimum Gasteiger partial charge on any atom is -0.322 e. The molecule has 5 heteroatoms. The summed E-state index contributed by atoms with van der Waals surface area (Å²) in [6.45, 7) is -0.342. The predicted molar refractivity (Wildman–Crippen MR) is 58.5 cm³/mol. The van der Waals surface area contributed by atoms with Crippen LogP contribution >= 0.6 is 0 Å². The highest BCUT2D eigenvalue weighted by atomic mass is 16.5. The van der Waals surface area contributed by atoms with Crippen LogP contribution in [-0.2, 0) is 9.59 Å². The number of imide groups is 1. The van der Waals surface area contributed by atoms with Crippen LogP contribution in [0.5, 0.6) is 0 Å². The Morgan fingerprint density at radius 2 is 1.81 bits per heavy atom. The second kappa shape index (κ2) is 6.60. The van der Waals surface area contributed by atoms with E-state index in [-0.39, 0.29) is 18.0 Å². The molecule has 0 aromatic heterocycles. The van der Waals surface area contributed by atoms with Gasteiger partial charge in [-0.05, 0) is 12.3 Å². The van der Waals surface area contributed by atoms with Crippen molar-refractivity contribution in [1.82, 2.24) is 5.06 Å². The molecular weight excluding hydrogens is 208 g/mol. The molecule has 16 heavy (non-hydrogen) atoms. The molecule has 1 fully saturated rings. The Hall–Kier alpha value is -0.940. The van der Waals surface area contributed by atoms with Gasteiger partial charge in [0.1, 0.15) is 0 Å². The monoisotopic (exact) mass is 228 g/mol. The number of nitrogens with zero attached hydrogens (tertiary/aromatic N) is 1. The molecule has 0 radical (unpaired) electrons. The number of carbonyl (C=O) groups excluding carboxylic acids is 2. The van der Waals surface area contributed by atoms with E-state index in [0.717, 1.165) is 19.3 Å². The van der Waals surface area contributed by atoms with E-state index >= 15 is 0 Å². The molecular formula is C11H20N2O3. The minimum absolute atomic E-state index is 0.156. The molecule has 1 rings (SSSR count). The first-order valence-electron chi connectivity index (χ1n) is 5.90. The van der Waals surface area contributed by atoms with Gasteiger partial charge in [0, 0.05) is 6.42 Å². The van der Waals surface area contributed by atoms with Crippen molar-refractivity contribution < 1.29 is 14.8 Å². The molecule has 0 spiro atoms. The molecule has 1 saturated carbocycles. The maximum Gasteiger partial charge on any atom is 0.266 e. The maximum absolute atomic E-state index is 11.4. The van der Waals surface area contributed by atoms with Crippen molar-refractivity contribution in [2.24, 2.45) is 11.7 Å². The van der Waals surface area contributed by atoms with E-state index in [1.807, 2.05) is 0 Å². The maximum atomic E-state index is 11.4. The number of amides is 2. The Labute approximate surface area is 95.6 Å². The third-order valence-electron chi connectivity index (χ3n) is 3.14. The third kappa shape index (κ3) is 3.90. The minimum atomic E-state index is -0.742. The fourth-order valence-corrected chi connectivity index (χ4v) is 2.13. The van der Waals surface area contributed by atoms with Crippen molar-refractivity contribution in [3.63, 3.8) is 0 Å². The lowest BCUT2D eigenvalue weighted by Gasteiger charge is -2.21.